The number of esters is 3. The highest BCUT2D eigenvalue weighted by molar-refractivity contribution is 5.71. The number of rotatable bonds is 62. The zero-order valence-corrected chi connectivity index (χ0v) is 51.9. The van der Waals surface area contributed by atoms with E-state index < -0.39 is 6.10 Å². The third-order valence-electron chi connectivity index (χ3n) is 14.9. The highest BCUT2D eigenvalue weighted by atomic mass is 16.6. The third-order valence-corrected chi connectivity index (χ3v) is 14.9. The van der Waals surface area contributed by atoms with Crippen LogP contribution in [0.15, 0.2) is 72.9 Å². The topological polar surface area (TPSA) is 78.9 Å². The monoisotopic (exact) mass is 1090 g/mol. The molecule has 0 aromatic carbocycles. The number of carbonyl (C=O) groups excluding carboxylic acids is 3. The van der Waals surface area contributed by atoms with E-state index in [0.717, 1.165) is 89.9 Å². The fourth-order valence-electron chi connectivity index (χ4n) is 9.78. The predicted molar refractivity (Wildman–Crippen MR) is 339 cm³/mol. The lowest BCUT2D eigenvalue weighted by Gasteiger charge is -2.18. The van der Waals surface area contributed by atoms with E-state index in [4.69, 9.17) is 14.2 Å². The molecule has 0 aromatic rings. The zero-order chi connectivity index (χ0) is 56.4. The van der Waals surface area contributed by atoms with E-state index in [-0.39, 0.29) is 31.1 Å². The Morgan fingerprint density at radius 2 is 0.487 bits per heavy atom. The number of ether oxygens (including phenoxy) is 3. The second-order valence-corrected chi connectivity index (χ2v) is 22.7. The highest BCUT2D eigenvalue weighted by Crippen LogP contribution is 2.17. The van der Waals surface area contributed by atoms with Gasteiger partial charge >= 0.3 is 17.9 Å². The van der Waals surface area contributed by atoms with Crippen LogP contribution in [-0.2, 0) is 28.6 Å². The lowest BCUT2D eigenvalue weighted by molar-refractivity contribution is -0.167. The van der Waals surface area contributed by atoms with Gasteiger partial charge in [0.2, 0.25) is 0 Å². The molecule has 0 aliphatic heterocycles. The Labute approximate surface area is 484 Å². The molecule has 1 atom stereocenters. The molecular formula is C72H128O6. The minimum atomic E-state index is -0.781. The molecule has 0 bridgehead atoms. The van der Waals surface area contributed by atoms with Crippen molar-refractivity contribution in [3.8, 4) is 0 Å². The second-order valence-electron chi connectivity index (χ2n) is 22.7. The molecule has 78 heavy (non-hydrogen) atoms. The first kappa shape index (κ1) is 74.8. The van der Waals surface area contributed by atoms with Crippen molar-refractivity contribution in [3.05, 3.63) is 72.9 Å². The summed E-state index contributed by atoms with van der Waals surface area (Å²) >= 11 is 0. The average Bonchev–Trinajstić information content (AvgIpc) is 3.44. The van der Waals surface area contributed by atoms with Gasteiger partial charge in [0, 0.05) is 19.3 Å². The van der Waals surface area contributed by atoms with Crippen LogP contribution in [0.3, 0.4) is 0 Å². The van der Waals surface area contributed by atoms with Crippen molar-refractivity contribution in [2.45, 2.75) is 354 Å². The lowest BCUT2D eigenvalue weighted by atomic mass is 10.0. The van der Waals surface area contributed by atoms with E-state index in [1.54, 1.807) is 0 Å². The molecule has 1 unspecified atom stereocenters. The van der Waals surface area contributed by atoms with Crippen LogP contribution in [0.1, 0.15) is 348 Å². The average molecular weight is 1090 g/mol. The summed E-state index contributed by atoms with van der Waals surface area (Å²) < 4.78 is 16.9. The summed E-state index contributed by atoms with van der Waals surface area (Å²) in [6, 6.07) is 0. The summed E-state index contributed by atoms with van der Waals surface area (Å²) in [7, 11) is 0. The van der Waals surface area contributed by atoms with E-state index in [1.807, 2.05) is 0 Å². The molecule has 0 rings (SSSR count). The molecule has 6 nitrogen and oxygen atoms in total. The molecule has 0 saturated heterocycles. The lowest BCUT2D eigenvalue weighted by Crippen LogP contribution is -2.30. The van der Waals surface area contributed by atoms with Crippen molar-refractivity contribution in [1.82, 2.24) is 0 Å². The molecule has 0 amide bonds. The quantitative estimate of drug-likeness (QED) is 0.0261. The molecule has 0 aliphatic rings. The fraction of sp³-hybridized carbons (Fsp3) is 0.792. The first-order chi connectivity index (χ1) is 38.5. The van der Waals surface area contributed by atoms with Gasteiger partial charge in [0.05, 0.1) is 0 Å². The third kappa shape index (κ3) is 63.7. The normalized spacial score (nSPS) is 12.5. The largest absolute Gasteiger partial charge is 0.462 e. The Bertz CT molecular complexity index is 1440. The summed E-state index contributed by atoms with van der Waals surface area (Å²) in [5, 5.41) is 0. The smallest absolute Gasteiger partial charge is 0.306 e. The van der Waals surface area contributed by atoms with Crippen LogP contribution in [-0.4, -0.2) is 37.2 Å². The Hall–Kier alpha value is -3.15. The van der Waals surface area contributed by atoms with Gasteiger partial charge in [-0.1, -0.05) is 293 Å². The van der Waals surface area contributed by atoms with Crippen molar-refractivity contribution >= 4 is 17.9 Å². The molecule has 6 heteroatoms. The van der Waals surface area contributed by atoms with Crippen molar-refractivity contribution in [3.63, 3.8) is 0 Å². The van der Waals surface area contributed by atoms with Crippen LogP contribution < -0.4 is 0 Å². The molecule has 0 aromatic heterocycles. The molecule has 0 N–H and O–H groups in total. The Balaban J connectivity index is 4.20. The maximum absolute atomic E-state index is 12.9. The summed E-state index contributed by atoms with van der Waals surface area (Å²) in [5.41, 5.74) is 0. The van der Waals surface area contributed by atoms with Gasteiger partial charge in [-0.05, 0) is 109 Å². The molecule has 0 radical (unpaired) electrons. The van der Waals surface area contributed by atoms with Gasteiger partial charge < -0.3 is 14.2 Å². The molecule has 0 fully saturated rings. The first-order valence-corrected chi connectivity index (χ1v) is 33.9. The number of carbonyl (C=O) groups is 3. The van der Waals surface area contributed by atoms with Crippen LogP contribution in [0.2, 0.25) is 0 Å². The van der Waals surface area contributed by atoms with Crippen molar-refractivity contribution in [2.24, 2.45) is 0 Å². The number of hydrogen-bond acceptors (Lipinski definition) is 6. The first-order valence-electron chi connectivity index (χ1n) is 33.9. The molecule has 0 spiro atoms. The van der Waals surface area contributed by atoms with Gasteiger partial charge in [-0.25, -0.2) is 0 Å². The van der Waals surface area contributed by atoms with Crippen molar-refractivity contribution in [2.75, 3.05) is 13.2 Å². The molecule has 452 valence electrons. The maximum atomic E-state index is 12.9. The van der Waals surface area contributed by atoms with Gasteiger partial charge in [0.1, 0.15) is 13.2 Å². The predicted octanol–water partition coefficient (Wildman–Crippen LogP) is 23.3. The summed E-state index contributed by atoms with van der Waals surface area (Å²) in [5.74, 6) is -0.877. The van der Waals surface area contributed by atoms with Gasteiger partial charge in [-0.15, -0.1) is 0 Å². The Morgan fingerprint density at radius 3 is 0.782 bits per heavy atom. The van der Waals surface area contributed by atoms with Gasteiger partial charge in [0.25, 0.3) is 0 Å². The van der Waals surface area contributed by atoms with Crippen LogP contribution in [0.4, 0.5) is 0 Å². The minimum Gasteiger partial charge on any atom is -0.462 e. The van der Waals surface area contributed by atoms with Crippen LogP contribution in [0, 0.1) is 0 Å². The Kier molecular flexibility index (Phi) is 63.7. The van der Waals surface area contributed by atoms with Gasteiger partial charge in [-0.2, -0.15) is 0 Å². The second kappa shape index (κ2) is 66.4. The number of hydrogen-bond donors (Lipinski definition) is 0. The number of allylic oxidation sites excluding steroid dienone is 12. The molecular weight excluding hydrogens is 961 g/mol. The minimum absolute atomic E-state index is 0.0779. The molecule has 0 aliphatic carbocycles. The van der Waals surface area contributed by atoms with E-state index >= 15 is 0 Å². The van der Waals surface area contributed by atoms with Gasteiger partial charge in [-0.3, -0.25) is 14.4 Å². The zero-order valence-electron chi connectivity index (χ0n) is 51.9. The van der Waals surface area contributed by atoms with E-state index in [1.165, 1.54) is 218 Å². The van der Waals surface area contributed by atoms with E-state index in [9.17, 15) is 14.4 Å². The fourth-order valence-corrected chi connectivity index (χ4v) is 9.78. The summed E-state index contributed by atoms with van der Waals surface area (Å²) in [6.45, 7) is 6.59. The van der Waals surface area contributed by atoms with Crippen LogP contribution in [0.5, 0.6) is 0 Å². The summed E-state index contributed by atoms with van der Waals surface area (Å²) in [6.07, 6.45) is 86.4. The van der Waals surface area contributed by atoms with E-state index in [2.05, 4.69) is 93.7 Å². The highest BCUT2D eigenvalue weighted by Gasteiger charge is 2.19. The van der Waals surface area contributed by atoms with Crippen LogP contribution >= 0.6 is 0 Å². The molecule has 0 saturated carbocycles. The molecule has 0 heterocycles. The van der Waals surface area contributed by atoms with Crippen LogP contribution in [0.25, 0.3) is 0 Å². The van der Waals surface area contributed by atoms with Crippen molar-refractivity contribution < 1.29 is 28.6 Å². The SMILES string of the molecule is CCC/C=C\CCCCCCCC(=O)OCC(COC(=O)CCCCCCCCCCCCCC/C=C\C/C=C\C/C=C\CCCCCCC)OC(=O)CCCCCCCCCCCCC/C=C\C/C=C\CCCCCCC. The summed E-state index contributed by atoms with van der Waals surface area (Å²) in [4.78, 5) is 38.3. The van der Waals surface area contributed by atoms with Gasteiger partial charge in [0.15, 0.2) is 6.10 Å². The van der Waals surface area contributed by atoms with Crippen molar-refractivity contribution in [1.29, 1.82) is 0 Å². The Morgan fingerprint density at radius 1 is 0.256 bits per heavy atom. The maximum Gasteiger partial charge on any atom is 0.306 e. The van der Waals surface area contributed by atoms with E-state index in [0.29, 0.717) is 19.3 Å². The standard InChI is InChI=1S/C72H128O6/c1-4-7-10-13-16-19-22-24-26-28-30-32-34-35-36-37-39-40-42-44-46-48-50-53-56-59-62-65-71(74)77-68-69(67-76-70(73)64-61-58-55-52-21-18-15-12-9-6-3)78-72(75)66-63-60-57-54-51-49-47-45-43-41-38-33-31-29-27-25-23-20-17-14-11-8-5-2/h12,15,22-25,28-31,34-35,69H,4-11,13-14,16-21,26-27,32-33,36-68H2,1-3H3/b15-12-,24-22-,25-23-,30-28-,31-29-,35-34-. The number of unbranched alkanes of at least 4 members (excludes halogenated alkanes) is 39.